The number of fused-ring (bicyclic) bond motifs is 1. The van der Waals surface area contributed by atoms with Crippen LogP contribution in [-0.2, 0) is 6.42 Å². The number of aromatic nitrogens is 1. The van der Waals surface area contributed by atoms with Crippen LogP contribution in [0.3, 0.4) is 0 Å². The summed E-state index contributed by atoms with van der Waals surface area (Å²) >= 11 is 0. The van der Waals surface area contributed by atoms with Crippen LogP contribution in [0.15, 0.2) is 24.4 Å². The van der Waals surface area contributed by atoms with Gasteiger partial charge in [0.2, 0.25) is 0 Å². The lowest BCUT2D eigenvalue weighted by Crippen LogP contribution is -2.15. The lowest BCUT2D eigenvalue weighted by Gasteiger charge is -2.02. The number of hydrogen-bond donors (Lipinski definition) is 2. The lowest BCUT2D eigenvalue weighted by molar-refractivity contribution is 0.419. The van der Waals surface area contributed by atoms with Crippen LogP contribution in [-0.4, -0.2) is 25.2 Å². The number of hydrogen-bond acceptors (Lipinski definition) is 2. The number of likely N-dealkylation sites (N-methyl/N-ethyl adjacent to an activating group) is 1. The highest BCUT2D eigenvalue weighted by atomic mass is 16.5. The number of H-pyrrole nitrogens is 1. The van der Waals surface area contributed by atoms with E-state index >= 15 is 0 Å². The van der Waals surface area contributed by atoms with Gasteiger partial charge < -0.3 is 15.0 Å². The van der Waals surface area contributed by atoms with Crippen molar-refractivity contribution in [3.8, 4) is 5.75 Å². The molecule has 0 fully saturated rings. The maximum absolute atomic E-state index is 5.32. The highest BCUT2D eigenvalue weighted by Gasteiger charge is 2.06. The molecule has 0 unspecified atom stereocenters. The summed E-state index contributed by atoms with van der Waals surface area (Å²) in [7, 11) is 1.70. The number of para-hydroxylation sites is 1. The molecule has 0 aliphatic rings. The molecule has 2 N–H and O–H groups in total. The van der Waals surface area contributed by atoms with Crippen LogP contribution in [0.25, 0.3) is 10.9 Å². The molecule has 2 rings (SSSR count). The monoisotopic (exact) mass is 218 g/mol. The summed E-state index contributed by atoms with van der Waals surface area (Å²) in [6.07, 6.45) is 3.12. The third kappa shape index (κ3) is 2.04. The summed E-state index contributed by atoms with van der Waals surface area (Å²) in [5, 5.41) is 4.60. The molecule has 0 bridgehead atoms. The molecule has 0 spiro atoms. The van der Waals surface area contributed by atoms with E-state index in [9.17, 15) is 0 Å². The van der Waals surface area contributed by atoms with Crippen LogP contribution in [0.5, 0.6) is 5.75 Å². The van der Waals surface area contributed by atoms with Gasteiger partial charge in [-0.05, 0) is 31.1 Å². The Morgan fingerprint density at radius 1 is 1.38 bits per heavy atom. The average molecular weight is 218 g/mol. The summed E-state index contributed by atoms with van der Waals surface area (Å²) in [5.41, 5.74) is 2.44. The summed E-state index contributed by atoms with van der Waals surface area (Å²) in [5.74, 6) is 0.909. The van der Waals surface area contributed by atoms with Crippen LogP contribution < -0.4 is 10.1 Å². The Bertz CT molecular complexity index is 462. The number of aromatic amines is 1. The molecule has 0 atom stereocenters. The summed E-state index contributed by atoms with van der Waals surface area (Å²) in [4.78, 5) is 3.28. The van der Waals surface area contributed by atoms with E-state index in [2.05, 4.69) is 29.5 Å². The third-order valence-electron chi connectivity index (χ3n) is 2.80. The second kappa shape index (κ2) is 5.03. The van der Waals surface area contributed by atoms with E-state index in [0.29, 0.717) is 0 Å². The Morgan fingerprint density at radius 2 is 2.25 bits per heavy atom. The molecule has 3 heteroatoms. The Kier molecular flexibility index (Phi) is 3.47. The number of ether oxygens (including phenoxy) is 1. The van der Waals surface area contributed by atoms with Crippen LogP contribution in [0, 0.1) is 0 Å². The molecular weight excluding hydrogens is 200 g/mol. The second-order valence-corrected chi connectivity index (χ2v) is 3.80. The maximum atomic E-state index is 5.32. The summed E-state index contributed by atoms with van der Waals surface area (Å²) in [6.45, 7) is 4.16. The zero-order valence-electron chi connectivity index (χ0n) is 9.84. The van der Waals surface area contributed by atoms with Crippen molar-refractivity contribution < 1.29 is 4.74 Å². The average Bonchev–Trinajstić information content (AvgIpc) is 2.73. The number of nitrogens with one attached hydrogen (secondary N) is 2. The zero-order chi connectivity index (χ0) is 11.4. The first kappa shape index (κ1) is 11.0. The predicted octanol–water partition coefficient (Wildman–Crippen LogP) is 2.33. The van der Waals surface area contributed by atoms with Gasteiger partial charge in [0.05, 0.1) is 12.6 Å². The van der Waals surface area contributed by atoms with Gasteiger partial charge in [-0.15, -0.1) is 0 Å². The molecule has 16 heavy (non-hydrogen) atoms. The van der Waals surface area contributed by atoms with Crippen molar-refractivity contribution in [2.24, 2.45) is 0 Å². The predicted molar refractivity (Wildman–Crippen MR) is 67.1 cm³/mol. The quantitative estimate of drug-likeness (QED) is 0.756. The second-order valence-electron chi connectivity index (χ2n) is 3.80. The Balaban J connectivity index is 2.27. The first-order valence-electron chi connectivity index (χ1n) is 5.70. The van der Waals surface area contributed by atoms with Gasteiger partial charge in [0, 0.05) is 11.6 Å². The molecule has 1 aromatic carbocycles. The minimum absolute atomic E-state index is 0.909. The summed E-state index contributed by atoms with van der Waals surface area (Å²) < 4.78 is 5.32. The minimum Gasteiger partial charge on any atom is -0.495 e. The fourth-order valence-corrected chi connectivity index (χ4v) is 1.96. The number of rotatable bonds is 5. The van der Waals surface area contributed by atoms with Crippen molar-refractivity contribution in [2.45, 2.75) is 13.3 Å². The van der Waals surface area contributed by atoms with Crippen LogP contribution in [0.2, 0.25) is 0 Å². The normalized spacial score (nSPS) is 10.9. The first-order valence-corrected chi connectivity index (χ1v) is 5.70. The van der Waals surface area contributed by atoms with E-state index in [1.165, 1.54) is 10.9 Å². The van der Waals surface area contributed by atoms with Gasteiger partial charge in [-0.1, -0.05) is 19.1 Å². The van der Waals surface area contributed by atoms with Gasteiger partial charge in [0.1, 0.15) is 5.75 Å². The summed E-state index contributed by atoms with van der Waals surface area (Å²) in [6, 6.07) is 6.15. The SMILES string of the molecule is CCNCCc1c[nH]c2c(OC)cccc12. The molecule has 2 aromatic rings. The first-order chi connectivity index (χ1) is 7.86. The van der Waals surface area contributed by atoms with Gasteiger partial charge in [-0.2, -0.15) is 0 Å². The van der Waals surface area contributed by atoms with Crippen LogP contribution in [0.4, 0.5) is 0 Å². The standard InChI is InChI=1S/C13H18N2O/c1-3-14-8-7-10-9-15-13-11(10)5-4-6-12(13)16-2/h4-6,9,14-15H,3,7-8H2,1-2H3. The van der Waals surface area contributed by atoms with Gasteiger partial charge in [-0.25, -0.2) is 0 Å². The Hall–Kier alpha value is -1.48. The van der Waals surface area contributed by atoms with E-state index in [0.717, 1.165) is 30.8 Å². The fourth-order valence-electron chi connectivity index (χ4n) is 1.96. The molecule has 0 amide bonds. The van der Waals surface area contributed by atoms with Crippen molar-refractivity contribution in [1.82, 2.24) is 10.3 Å². The topological polar surface area (TPSA) is 37.0 Å². The molecule has 1 aromatic heterocycles. The highest BCUT2D eigenvalue weighted by Crippen LogP contribution is 2.26. The Labute approximate surface area is 95.8 Å². The van der Waals surface area contributed by atoms with E-state index < -0.39 is 0 Å². The number of benzene rings is 1. The van der Waals surface area contributed by atoms with Gasteiger partial charge in [0.25, 0.3) is 0 Å². The molecular formula is C13H18N2O. The molecule has 0 saturated carbocycles. The number of methoxy groups -OCH3 is 1. The molecule has 0 saturated heterocycles. The van der Waals surface area contributed by atoms with Crippen molar-refractivity contribution >= 4 is 10.9 Å². The Morgan fingerprint density at radius 3 is 3.00 bits per heavy atom. The van der Waals surface area contributed by atoms with E-state index in [1.807, 2.05) is 12.1 Å². The fraction of sp³-hybridized carbons (Fsp3) is 0.385. The van der Waals surface area contributed by atoms with Gasteiger partial charge in [-0.3, -0.25) is 0 Å². The molecule has 0 aliphatic carbocycles. The highest BCUT2D eigenvalue weighted by molar-refractivity contribution is 5.88. The molecule has 0 aliphatic heterocycles. The smallest absolute Gasteiger partial charge is 0.142 e. The van der Waals surface area contributed by atoms with Crippen molar-refractivity contribution in [2.75, 3.05) is 20.2 Å². The molecule has 1 heterocycles. The van der Waals surface area contributed by atoms with Crippen LogP contribution >= 0.6 is 0 Å². The van der Waals surface area contributed by atoms with Crippen molar-refractivity contribution in [1.29, 1.82) is 0 Å². The zero-order valence-corrected chi connectivity index (χ0v) is 9.84. The van der Waals surface area contributed by atoms with E-state index in [1.54, 1.807) is 7.11 Å². The van der Waals surface area contributed by atoms with Crippen molar-refractivity contribution in [3.63, 3.8) is 0 Å². The van der Waals surface area contributed by atoms with Gasteiger partial charge >= 0.3 is 0 Å². The van der Waals surface area contributed by atoms with Gasteiger partial charge in [0.15, 0.2) is 0 Å². The third-order valence-corrected chi connectivity index (χ3v) is 2.80. The van der Waals surface area contributed by atoms with E-state index in [4.69, 9.17) is 4.74 Å². The van der Waals surface area contributed by atoms with Crippen LogP contribution in [0.1, 0.15) is 12.5 Å². The maximum Gasteiger partial charge on any atom is 0.142 e. The largest absolute Gasteiger partial charge is 0.495 e. The lowest BCUT2D eigenvalue weighted by atomic mass is 10.1. The van der Waals surface area contributed by atoms with E-state index in [-0.39, 0.29) is 0 Å². The molecule has 86 valence electrons. The van der Waals surface area contributed by atoms with Crippen molar-refractivity contribution in [3.05, 3.63) is 30.0 Å². The molecule has 0 radical (unpaired) electrons. The molecule has 3 nitrogen and oxygen atoms in total. The minimum atomic E-state index is 0.909.